The van der Waals surface area contributed by atoms with Gasteiger partial charge < -0.3 is 14.4 Å². The molecule has 2 aromatic carbocycles. The first-order valence-electron chi connectivity index (χ1n) is 10.0. The van der Waals surface area contributed by atoms with E-state index in [1.54, 1.807) is 67.6 Å². The van der Waals surface area contributed by atoms with Crippen LogP contribution in [0, 0.1) is 6.92 Å². The fraction of sp³-hybridized carbons (Fsp3) is 0.208. The molecule has 1 aliphatic heterocycles. The van der Waals surface area contributed by atoms with Gasteiger partial charge in [-0.15, -0.1) is 0 Å². The number of carbonyl (C=O) groups is 2. The van der Waals surface area contributed by atoms with E-state index in [0.29, 0.717) is 29.2 Å². The Hall–Kier alpha value is -3.87. The van der Waals surface area contributed by atoms with Crippen LogP contribution in [-0.2, 0) is 9.59 Å². The molecule has 1 saturated heterocycles. The Kier molecular flexibility index (Phi) is 5.58. The maximum absolute atomic E-state index is 13.0. The smallest absolute Gasteiger partial charge is 0.301 e. The molecule has 1 amide bonds. The number of anilines is 1. The minimum atomic E-state index is -0.857. The molecule has 158 valence electrons. The van der Waals surface area contributed by atoms with E-state index in [4.69, 9.17) is 9.26 Å². The SMILES string of the molecule is CCCOc1ccc([C@H]2C(=C(O)c3ccccc3)C(=O)C(=O)N2c2cc(C)on2)cc1. The number of hydrogen-bond donors (Lipinski definition) is 1. The standard InChI is InChI=1S/C24H22N2O5/c1-3-13-30-18-11-9-16(10-12-18)21-20(22(27)17-7-5-4-6-8-17)23(28)24(29)26(21)19-14-15(2)31-25-19/h4-12,14,21,27H,3,13H2,1-2H3/t21-/m0/s1. The normalized spacial score (nSPS) is 17.9. The molecule has 0 radical (unpaired) electrons. The third kappa shape index (κ3) is 3.82. The Morgan fingerprint density at radius 1 is 1.13 bits per heavy atom. The van der Waals surface area contributed by atoms with Gasteiger partial charge in [-0.3, -0.25) is 14.5 Å². The second kappa shape index (κ2) is 8.47. The number of nitrogens with zero attached hydrogens (tertiary/aromatic N) is 2. The summed E-state index contributed by atoms with van der Waals surface area (Å²) in [6.45, 7) is 4.31. The van der Waals surface area contributed by atoms with Crippen LogP contribution >= 0.6 is 0 Å². The Morgan fingerprint density at radius 3 is 2.45 bits per heavy atom. The molecule has 0 spiro atoms. The van der Waals surface area contributed by atoms with Gasteiger partial charge in [0, 0.05) is 11.6 Å². The number of ether oxygens (including phenoxy) is 1. The molecule has 1 N–H and O–H groups in total. The van der Waals surface area contributed by atoms with Crippen LogP contribution in [0.15, 0.2) is 70.8 Å². The average Bonchev–Trinajstić information content (AvgIpc) is 3.33. The van der Waals surface area contributed by atoms with Gasteiger partial charge in [-0.05, 0) is 31.0 Å². The largest absolute Gasteiger partial charge is 0.507 e. The molecule has 31 heavy (non-hydrogen) atoms. The molecule has 1 fully saturated rings. The Labute approximate surface area is 179 Å². The third-order valence-electron chi connectivity index (χ3n) is 5.02. The minimum Gasteiger partial charge on any atom is -0.507 e. The number of amides is 1. The molecule has 7 nitrogen and oxygen atoms in total. The van der Waals surface area contributed by atoms with Crippen molar-refractivity contribution < 1.29 is 24.0 Å². The van der Waals surface area contributed by atoms with E-state index in [1.165, 1.54) is 4.90 Å². The summed E-state index contributed by atoms with van der Waals surface area (Å²) in [5, 5.41) is 14.9. The average molecular weight is 418 g/mol. The number of aryl methyl sites for hydroxylation is 1. The fourth-order valence-electron chi connectivity index (χ4n) is 3.57. The molecule has 0 aliphatic carbocycles. The van der Waals surface area contributed by atoms with Crippen molar-refractivity contribution in [2.75, 3.05) is 11.5 Å². The zero-order valence-electron chi connectivity index (χ0n) is 17.2. The molecular formula is C24H22N2O5. The van der Waals surface area contributed by atoms with E-state index in [0.717, 1.165) is 6.42 Å². The highest BCUT2D eigenvalue weighted by Crippen LogP contribution is 2.42. The van der Waals surface area contributed by atoms with Gasteiger partial charge in [-0.2, -0.15) is 0 Å². The van der Waals surface area contributed by atoms with Crippen molar-refractivity contribution in [2.45, 2.75) is 26.3 Å². The molecule has 1 atom stereocenters. The van der Waals surface area contributed by atoms with Crippen molar-refractivity contribution in [3.05, 3.63) is 83.1 Å². The van der Waals surface area contributed by atoms with Crippen LogP contribution in [0.1, 0.15) is 36.3 Å². The lowest BCUT2D eigenvalue weighted by Gasteiger charge is -2.23. The first kappa shape index (κ1) is 20.4. The highest BCUT2D eigenvalue weighted by molar-refractivity contribution is 6.51. The summed E-state index contributed by atoms with van der Waals surface area (Å²) in [7, 11) is 0. The van der Waals surface area contributed by atoms with Crippen molar-refractivity contribution in [3.8, 4) is 5.75 Å². The maximum atomic E-state index is 13.0. The fourth-order valence-corrected chi connectivity index (χ4v) is 3.57. The van der Waals surface area contributed by atoms with Crippen molar-refractivity contribution >= 4 is 23.3 Å². The second-order valence-corrected chi connectivity index (χ2v) is 7.25. The zero-order valence-corrected chi connectivity index (χ0v) is 17.2. The van der Waals surface area contributed by atoms with Crippen LogP contribution in [0.25, 0.3) is 5.76 Å². The number of hydrogen-bond acceptors (Lipinski definition) is 6. The number of Topliss-reactive ketones (excluding diaryl/α,β-unsaturated/α-hetero) is 1. The van der Waals surface area contributed by atoms with E-state index in [-0.39, 0.29) is 17.2 Å². The molecule has 0 unspecified atom stereocenters. The number of aliphatic hydroxyl groups is 1. The molecule has 1 aromatic heterocycles. The van der Waals surface area contributed by atoms with Crippen molar-refractivity contribution in [2.24, 2.45) is 0 Å². The zero-order chi connectivity index (χ0) is 22.0. The van der Waals surface area contributed by atoms with Gasteiger partial charge in [0.15, 0.2) is 5.82 Å². The van der Waals surface area contributed by atoms with Gasteiger partial charge in [0.25, 0.3) is 5.78 Å². The van der Waals surface area contributed by atoms with Crippen molar-refractivity contribution in [1.29, 1.82) is 0 Å². The van der Waals surface area contributed by atoms with Crippen LogP contribution in [0.3, 0.4) is 0 Å². The number of aliphatic hydroxyl groups excluding tert-OH is 1. The predicted molar refractivity (Wildman–Crippen MR) is 115 cm³/mol. The second-order valence-electron chi connectivity index (χ2n) is 7.25. The Balaban J connectivity index is 1.85. The van der Waals surface area contributed by atoms with Crippen LogP contribution in [0.4, 0.5) is 5.82 Å². The van der Waals surface area contributed by atoms with Gasteiger partial charge in [-0.1, -0.05) is 54.5 Å². The lowest BCUT2D eigenvalue weighted by atomic mass is 9.95. The first-order chi connectivity index (χ1) is 15.0. The molecule has 4 rings (SSSR count). The minimum absolute atomic E-state index is 0.000852. The summed E-state index contributed by atoms with van der Waals surface area (Å²) in [6, 6.07) is 16.5. The summed E-state index contributed by atoms with van der Waals surface area (Å²) in [5.41, 5.74) is 1.09. The van der Waals surface area contributed by atoms with E-state index in [2.05, 4.69) is 5.16 Å². The Morgan fingerprint density at radius 2 is 1.84 bits per heavy atom. The Bertz CT molecular complexity index is 1130. The van der Waals surface area contributed by atoms with E-state index >= 15 is 0 Å². The van der Waals surface area contributed by atoms with Crippen molar-refractivity contribution in [1.82, 2.24) is 5.16 Å². The molecular weight excluding hydrogens is 396 g/mol. The number of ketones is 1. The van der Waals surface area contributed by atoms with Gasteiger partial charge in [0.05, 0.1) is 18.2 Å². The predicted octanol–water partition coefficient (Wildman–Crippen LogP) is 4.40. The van der Waals surface area contributed by atoms with Gasteiger partial charge in [-0.25, -0.2) is 0 Å². The van der Waals surface area contributed by atoms with E-state index in [9.17, 15) is 14.7 Å². The number of benzene rings is 2. The molecule has 2 heterocycles. The summed E-state index contributed by atoms with van der Waals surface area (Å²) in [5.74, 6) is -0.397. The lowest BCUT2D eigenvalue weighted by Crippen LogP contribution is -2.29. The summed E-state index contributed by atoms with van der Waals surface area (Å²) < 4.78 is 10.8. The summed E-state index contributed by atoms with van der Waals surface area (Å²) >= 11 is 0. The molecule has 0 bridgehead atoms. The van der Waals surface area contributed by atoms with Crippen LogP contribution < -0.4 is 9.64 Å². The third-order valence-corrected chi connectivity index (χ3v) is 5.02. The molecule has 3 aromatic rings. The highest BCUT2D eigenvalue weighted by atomic mass is 16.5. The van der Waals surface area contributed by atoms with E-state index in [1.807, 2.05) is 6.92 Å². The van der Waals surface area contributed by atoms with Gasteiger partial charge >= 0.3 is 5.91 Å². The van der Waals surface area contributed by atoms with Gasteiger partial charge in [0.1, 0.15) is 17.3 Å². The highest BCUT2D eigenvalue weighted by Gasteiger charge is 2.48. The molecule has 7 heteroatoms. The first-order valence-corrected chi connectivity index (χ1v) is 10.0. The van der Waals surface area contributed by atoms with Crippen LogP contribution in [0.2, 0.25) is 0 Å². The molecule has 1 aliphatic rings. The number of rotatable bonds is 6. The lowest BCUT2D eigenvalue weighted by molar-refractivity contribution is -0.132. The van der Waals surface area contributed by atoms with Crippen LogP contribution in [-0.4, -0.2) is 28.6 Å². The monoisotopic (exact) mass is 418 g/mol. The summed E-state index contributed by atoms with van der Waals surface area (Å²) in [4.78, 5) is 27.2. The summed E-state index contributed by atoms with van der Waals surface area (Å²) in [6.07, 6.45) is 0.879. The molecule has 0 saturated carbocycles. The van der Waals surface area contributed by atoms with Crippen LogP contribution in [0.5, 0.6) is 5.75 Å². The van der Waals surface area contributed by atoms with Crippen molar-refractivity contribution in [3.63, 3.8) is 0 Å². The maximum Gasteiger partial charge on any atom is 0.301 e. The number of carbonyl (C=O) groups excluding carboxylic acids is 2. The topological polar surface area (TPSA) is 92.9 Å². The van der Waals surface area contributed by atoms with Gasteiger partial charge in [0.2, 0.25) is 0 Å². The number of aromatic nitrogens is 1. The quantitative estimate of drug-likeness (QED) is 0.362. The van der Waals surface area contributed by atoms with E-state index < -0.39 is 17.7 Å².